The minimum absolute atomic E-state index is 0.0499. The summed E-state index contributed by atoms with van der Waals surface area (Å²) < 4.78 is 6.08. The second-order valence-electron chi connectivity index (χ2n) is 4.89. The van der Waals surface area contributed by atoms with Gasteiger partial charge in [-0.1, -0.05) is 0 Å². The first-order chi connectivity index (χ1) is 11.6. The largest absolute Gasteiger partial charge is 0.465 e. The molecule has 0 unspecified atom stereocenters. The fourth-order valence-corrected chi connectivity index (χ4v) is 2.17. The lowest BCUT2D eigenvalue weighted by molar-refractivity contribution is -0.116. The van der Waals surface area contributed by atoms with E-state index in [1.807, 2.05) is 0 Å². The number of hydrogen-bond acceptors (Lipinski definition) is 6. The molecule has 0 atom stereocenters. The van der Waals surface area contributed by atoms with Gasteiger partial charge in [-0.15, -0.1) is 0 Å². The molecule has 0 aliphatic rings. The van der Waals surface area contributed by atoms with Gasteiger partial charge in [0.2, 0.25) is 5.91 Å². The number of aromatic nitrogens is 4. The molecule has 0 spiro atoms. The summed E-state index contributed by atoms with van der Waals surface area (Å²) in [6, 6.07) is 6.29. The number of hydrogen-bond donors (Lipinski definition) is 2. The van der Waals surface area contributed by atoms with Crippen molar-refractivity contribution < 1.29 is 14.3 Å². The first-order valence-electron chi connectivity index (χ1n) is 6.95. The van der Waals surface area contributed by atoms with Crippen molar-refractivity contribution in [3.8, 4) is 0 Å². The number of imidazole rings is 1. The second-order valence-corrected chi connectivity index (χ2v) is 4.89. The van der Waals surface area contributed by atoms with Crippen molar-refractivity contribution in [1.29, 1.82) is 0 Å². The van der Waals surface area contributed by atoms with E-state index in [0.717, 1.165) is 0 Å². The fraction of sp³-hybridized carbons (Fsp3) is 0.133. The average molecular weight is 327 g/mol. The van der Waals surface area contributed by atoms with E-state index in [1.165, 1.54) is 24.3 Å². The van der Waals surface area contributed by atoms with Gasteiger partial charge in [-0.2, -0.15) is 0 Å². The number of esters is 1. The number of fused-ring (bicyclic) bond motifs is 1. The molecule has 3 rings (SSSR count). The van der Waals surface area contributed by atoms with Crippen molar-refractivity contribution in [2.75, 3.05) is 12.4 Å². The van der Waals surface area contributed by atoms with Gasteiger partial charge in [0.25, 0.3) is 5.56 Å². The predicted octanol–water partition coefficient (Wildman–Crippen LogP) is 0.545. The Balaban J connectivity index is 1.72. The van der Waals surface area contributed by atoms with Crippen LogP contribution in [0.5, 0.6) is 0 Å². The molecule has 9 heteroatoms. The van der Waals surface area contributed by atoms with E-state index in [1.54, 1.807) is 24.3 Å². The molecule has 0 radical (unpaired) electrons. The van der Waals surface area contributed by atoms with Gasteiger partial charge in [-0.05, 0) is 24.3 Å². The highest BCUT2D eigenvalue weighted by molar-refractivity contribution is 5.93. The van der Waals surface area contributed by atoms with Gasteiger partial charge in [0.15, 0.2) is 11.2 Å². The molecule has 1 amide bonds. The molecular formula is C15H13N5O4. The summed E-state index contributed by atoms with van der Waals surface area (Å²) in [5.74, 6) is -0.767. The lowest BCUT2D eigenvalue weighted by Gasteiger charge is -2.07. The maximum Gasteiger partial charge on any atom is 0.337 e. The fourth-order valence-electron chi connectivity index (χ4n) is 2.17. The first-order valence-corrected chi connectivity index (χ1v) is 6.95. The first kappa shape index (κ1) is 15.4. The Morgan fingerprint density at radius 2 is 2.00 bits per heavy atom. The number of benzene rings is 1. The third-order valence-electron chi connectivity index (χ3n) is 3.31. The number of amides is 1. The third-order valence-corrected chi connectivity index (χ3v) is 3.31. The summed E-state index contributed by atoms with van der Waals surface area (Å²) in [6.07, 6.45) is 2.64. The summed E-state index contributed by atoms with van der Waals surface area (Å²) in [5.41, 5.74) is 1.06. The number of carbonyl (C=O) groups is 2. The number of anilines is 1. The molecule has 24 heavy (non-hydrogen) atoms. The van der Waals surface area contributed by atoms with E-state index in [4.69, 9.17) is 0 Å². The van der Waals surface area contributed by atoms with Crippen LogP contribution in [0.25, 0.3) is 11.2 Å². The Labute approximate surface area is 135 Å². The molecule has 2 N–H and O–H groups in total. The van der Waals surface area contributed by atoms with Crippen LogP contribution in [0, 0.1) is 0 Å². The highest BCUT2D eigenvalue weighted by atomic mass is 16.5. The van der Waals surface area contributed by atoms with E-state index >= 15 is 0 Å². The minimum Gasteiger partial charge on any atom is -0.465 e. The highest BCUT2D eigenvalue weighted by Gasteiger charge is 2.11. The molecule has 0 aliphatic heterocycles. The number of carbonyl (C=O) groups excluding carboxylic acids is 2. The van der Waals surface area contributed by atoms with E-state index in [9.17, 15) is 14.4 Å². The quantitative estimate of drug-likeness (QED) is 0.675. The van der Waals surface area contributed by atoms with Crippen LogP contribution in [-0.4, -0.2) is 38.5 Å². The summed E-state index contributed by atoms with van der Waals surface area (Å²) in [4.78, 5) is 45.4. The molecule has 122 valence electrons. The Bertz CT molecular complexity index is 958. The zero-order valence-corrected chi connectivity index (χ0v) is 12.6. The van der Waals surface area contributed by atoms with Gasteiger partial charge < -0.3 is 19.6 Å². The molecule has 0 saturated heterocycles. The predicted molar refractivity (Wildman–Crippen MR) is 84.6 cm³/mol. The SMILES string of the molecule is COC(=O)c1ccc(NC(=O)Cn2cnc3c(=O)[nH]cnc32)cc1. The van der Waals surface area contributed by atoms with Crippen LogP contribution in [0.15, 0.2) is 41.7 Å². The van der Waals surface area contributed by atoms with Crippen molar-refractivity contribution in [3.63, 3.8) is 0 Å². The Kier molecular flexibility index (Phi) is 4.06. The van der Waals surface area contributed by atoms with Gasteiger partial charge in [-0.3, -0.25) is 9.59 Å². The van der Waals surface area contributed by atoms with Crippen LogP contribution in [0.2, 0.25) is 0 Å². The van der Waals surface area contributed by atoms with Crippen LogP contribution in [0.3, 0.4) is 0 Å². The smallest absolute Gasteiger partial charge is 0.337 e. The van der Waals surface area contributed by atoms with Gasteiger partial charge >= 0.3 is 5.97 Å². The summed E-state index contributed by atoms with van der Waals surface area (Å²) in [7, 11) is 1.30. The zero-order valence-electron chi connectivity index (χ0n) is 12.6. The van der Waals surface area contributed by atoms with E-state index in [0.29, 0.717) is 16.9 Å². The monoisotopic (exact) mass is 327 g/mol. The number of rotatable bonds is 4. The topological polar surface area (TPSA) is 119 Å². The molecule has 3 aromatic rings. The van der Waals surface area contributed by atoms with Crippen molar-refractivity contribution in [2.24, 2.45) is 0 Å². The Morgan fingerprint density at radius 3 is 2.71 bits per heavy atom. The number of aromatic amines is 1. The van der Waals surface area contributed by atoms with Crippen LogP contribution in [0.4, 0.5) is 5.69 Å². The molecule has 0 saturated carbocycles. The lowest BCUT2D eigenvalue weighted by Crippen LogP contribution is -2.19. The van der Waals surface area contributed by atoms with Crippen LogP contribution >= 0.6 is 0 Å². The molecule has 9 nitrogen and oxygen atoms in total. The van der Waals surface area contributed by atoms with Crippen molar-refractivity contribution >= 4 is 28.7 Å². The van der Waals surface area contributed by atoms with Crippen molar-refractivity contribution in [1.82, 2.24) is 19.5 Å². The van der Waals surface area contributed by atoms with E-state index < -0.39 is 5.97 Å². The normalized spacial score (nSPS) is 10.5. The van der Waals surface area contributed by atoms with Gasteiger partial charge in [0.05, 0.1) is 25.3 Å². The second kappa shape index (κ2) is 6.32. The molecule has 2 aromatic heterocycles. The molecular weight excluding hydrogens is 314 g/mol. The maximum atomic E-state index is 12.1. The third kappa shape index (κ3) is 3.00. The van der Waals surface area contributed by atoms with Crippen LogP contribution < -0.4 is 10.9 Å². The molecule has 0 bridgehead atoms. The maximum absolute atomic E-state index is 12.1. The van der Waals surface area contributed by atoms with Crippen LogP contribution in [0.1, 0.15) is 10.4 Å². The standard InChI is InChI=1S/C15H13N5O4/c1-24-15(23)9-2-4-10(5-3-9)19-11(21)6-20-8-18-12-13(20)16-7-17-14(12)22/h2-5,7-8H,6H2,1H3,(H,19,21)(H,16,17,22). The van der Waals surface area contributed by atoms with Gasteiger partial charge in [-0.25, -0.2) is 14.8 Å². The number of H-pyrrole nitrogens is 1. The summed E-state index contributed by atoms with van der Waals surface area (Å²) in [6.45, 7) is -0.0499. The molecule has 0 fully saturated rings. The summed E-state index contributed by atoms with van der Waals surface area (Å²) in [5, 5.41) is 2.69. The van der Waals surface area contributed by atoms with Gasteiger partial charge in [0, 0.05) is 5.69 Å². The van der Waals surface area contributed by atoms with Gasteiger partial charge in [0.1, 0.15) is 6.54 Å². The lowest BCUT2D eigenvalue weighted by atomic mass is 10.2. The zero-order chi connectivity index (χ0) is 17.1. The number of ether oxygens (including phenoxy) is 1. The van der Waals surface area contributed by atoms with Crippen molar-refractivity contribution in [2.45, 2.75) is 6.54 Å². The van der Waals surface area contributed by atoms with E-state index in [2.05, 4.69) is 25.0 Å². The number of nitrogens with one attached hydrogen (secondary N) is 2. The van der Waals surface area contributed by atoms with Crippen LogP contribution in [-0.2, 0) is 16.1 Å². The number of nitrogens with zero attached hydrogens (tertiary/aromatic N) is 3. The summed E-state index contributed by atoms with van der Waals surface area (Å²) >= 11 is 0. The minimum atomic E-state index is -0.450. The van der Waals surface area contributed by atoms with Crippen molar-refractivity contribution in [3.05, 3.63) is 52.8 Å². The molecule has 0 aliphatic carbocycles. The number of methoxy groups -OCH3 is 1. The van der Waals surface area contributed by atoms with E-state index in [-0.39, 0.29) is 23.5 Å². The molecule has 1 aromatic carbocycles. The Morgan fingerprint density at radius 1 is 1.25 bits per heavy atom. The Hall–Kier alpha value is -3.49. The average Bonchev–Trinajstić information content (AvgIpc) is 2.99. The molecule has 2 heterocycles. The highest BCUT2D eigenvalue weighted by Crippen LogP contribution is 2.11.